The van der Waals surface area contributed by atoms with Crippen LogP contribution in [0.5, 0.6) is 0 Å². The van der Waals surface area contributed by atoms with E-state index in [0.717, 1.165) is 12.0 Å². The molecule has 0 bridgehead atoms. The normalized spacial score (nSPS) is 13.6. The van der Waals surface area contributed by atoms with E-state index in [9.17, 15) is 24.5 Å². The predicted molar refractivity (Wildman–Crippen MR) is 148 cm³/mol. The van der Waals surface area contributed by atoms with Crippen LogP contribution in [0, 0.1) is 22.0 Å². The number of anilines is 1. The summed E-state index contributed by atoms with van der Waals surface area (Å²) in [6, 6.07) is 13.9. The lowest BCUT2D eigenvalue weighted by atomic mass is 10.0. The summed E-state index contributed by atoms with van der Waals surface area (Å²) in [5.74, 6) is 4.90. The number of non-ortho nitro benzene ring substituents is 1. The van der Waals surface area contributed by atoms with E-state index in [0.29, 0.717) is 36.1 Å². The first-order valence-corrected chi connectivity index (χ1v) is 12.8. The van der Waals surface area contributed by atoms with E-state index < -0.39 is 22.5 Å². The van der Waals surface area contributed by atoms with Gasteiger partial charge in [-0.15, -0.1) is 0 Å². The number of nitrogens with one attached hydrogen (secondary N) is 2. The number of nitro benzene ring substituents is 1. The van der Waals surface area contributed by atoms with E-state index in [1.807, 2.05) is 51.1 Å². The van der Waals surface area contributed by atoms with Crippen molar-refractivity contribution in [1.29, 1.82) is 0 Å². The molecule has 0 unspecified atom stereocenters. The fraction of sp³-hybridized carbons (Fsp3) is 0.367. The van der Waals surface area contributed by atoms with Gasteiger partial charge >= 0.3 is 5.97 Å². The summed E-state index contributed by atoms with van der Waals surface area (Å²) in [7, 11) is 0. The molecular weight excluding hydrogens is 498 g/mol. The molecule has 9 heteroatoms. The van der Waals surface area contributed by atoms with Gasteiger partial charge in [-0.05, 0) is 57.7 Å². The van der Waals surface area contributed by atoms with Crippen LogP contribution in [0.25, 0.3) is 0 Å². The number of ether oxygens (including phenoxy) is 1. The van der Waals surface area contributed by atoms with E-state index in [-0.39, 0.29) is 30.4 Å². The molecule has 39 heavy (non-hydrogen) atoms. The van der Waals surface area contributed by atoms with Crippen molar-refractivity contribution in [3.63, 3.8) is 0 Å². The van der Waals surface area contributed by atoms with Crippen molar-refractivity contribution in [3.05, 3.63) is 81.4 Å². The molecule has 3 rings (SSSR count). The molecule has 1 atom stereocenters. The first-order valence-electron chi connectivity index (χ1n) is 12.8. The molecule has 2 amide bonds. The number of allylic oxidation sites excluding steroid dienone is 1. The molecule has 0 radical (unpaired) electrons. The SMILES string of the molecule is CC(C)(C)OC(=O)CCC#CC1=C(C(=O)N[C@@H](Cc2ccccc2)C(=O)Nc2ccc([N+](=O)[O-])cc2)CCC1. The zero-order valence-electron chi connectivity index (χ0n) is 22.4. The molecule has 2 N–H and O–H groups in total. The summed E-state index contributed by atoms with van der Waals surface area (Å²) in [6.45, 7) is 5.42. The number of nitrogens with zero attached hydrogens (tertiary/aromatic N) is 1. The van der Waals surface area contributed by atoms with Crippen LogP contribution in [0.4, 0.5) is 11.4 Å². The summed E-state index contributed by atoms with van der Waals surface area (Å²) in [4.78, 5) is 48.8. The fourth-order valence-electron chi connectivity index (χ4n) is 4.06. The van der Waals surface area contributed by atoms with Gasteiger partial charge in [0.05, 0.1) is 11.3 Å². The Kier molecular flexibility index (Phi) is 9.98. The Morgan fingerprint density at radius 2 is 1.74 bits per heavy atom. The first-order chi connectivity index (χ1) is 18.5. The molecule has 9 nitrogen and oxygen atoms in total. The van der Waals surface area contributed by atoms with Gasteiger partial charge in [0.1, 0.15) is 11.6 Å². The highest BCUT2D eigenvalue weighted by Crippen LogP contribution is 2.26. The third-order valence-electron chi connectivity index (χ3n) is 5.86. The van der Waals surface area contributed by atoms with Gasteiger partial charge in [0.25, 0.3) is 5.69 Å². The lowest BCUT2D eigenvalue weighted by Gasteiger charge is -2.19. The predicted octanol–water partition coefficient (Wildman–Crippen LogP) is 4.87. The second kappa shape index (κ2) is 13.4. The number of rotatable bonds is 9. The molecule has 1 aliphatic rings. The summed E-state index contributed by atoms with van der Waals surface area (Å²) >= 11 is 0. The molecule has 0 saturated carbocycles. The first kappa shape index (κ1) is 29.1. The molecule has 0 fully saturated rings. The highest BCUT2D eigenvalue weighted by molar-refractivity contribution is 6.02. The fourth-order valence-corrected chi connectivity index (χ4v) is 4.06. The minimum Gasteiger partial charge on any atom is -0.460 e. The number of carbonyl (C=O) groups is 3. The third-order valence-corrected chi connectivity index (χ3v) is 5.86. The average molecular weight is 532 g/mol. The van der Waals surface area contributed by atoms with Crippen molar-refractivity contribution < 1.29 is 24.0 Å². The molecule has 0 aliphatic heterocycles. The quantitative estimate of drug-likeness (QED) is 0.206. The molecular formula is C30H33N3O6. The minimum atomic E-state index is -0.885. The molecule has 2 aromatic rings. The zero-order valence-corrected chi connectivity index (χ0v) is 22.4. The Labute approximate surface area is 228 Å². The lowest BCUT2D eigenvalue weighted by Crippen LogP contribution is -2.45. The average Bonchev–Trinajstić information content (AvgIpc) is 3.35. The molecule has 0 saturated heterocycles. The van der Waals surface area contributed by atoms with Gasteiger partial charge in [-0.1, -0.05) is 42.2 Å². The van der Waals surface area contributed by atoms with Crippen LogP contribution in [-0.2, 0) is 25.5 Å². The Bertz CT molecular complexity index is 1300. The second-order valence-electron chi connectivity index (χ2n) is 10.2. The van der Waals surface area contributed by atoms with Crippen molar-refractivity contribution in [2.45, 2.75) is 70.9 Å². The van der Waals surface area contributed by atoms with E-state index in [1.165, 1.54) is 24.3 Å². The van der Waals surface area contributed by atoms with Crippen LogP contribution < -0.4 is 10.6 Å². The van der Waals surface area contributed by atoms with Crippen LogP contribution in [0.3, 0.4) is 0 Å². The highest BCUT2D eigenvalue weighted by atomic mass is 16.6. The molecule has 1 aliphatic carbocycles. The maximum atomic E-state index is 13.3. The van der Waals surface area contributed by atoms with E-state index in [2.05, 4.69) is 22.5 Å². The van der Waals surface area contributed by atoms with Gasteiger partial charge in [0.15, 0.2) is 0 Å². The van der Waals surface area contributed by atoms with Gasteiger partial charge in [0, 0.05) is 41.8 Å². The van der Waals surface area contributed by atoms with Gasteiger partial charge in [-0.2, -0.15) is 0 Å². The Hall–Kier alpha value is -4.45. The van der Waals surface area contributed by atoms with Crippen LogP contribution in [0.1, 0.15) is 58.4 Å². The van der Waals surface area contributed by atoms with Crippen LogP contribution in [-0.4, -0.2) is 34.3 Å². The van der Waals surface area contributed by atoms with Crippen molar-refractivity contribution in [3.8, 4) is 11.8 Å². The van der Waals surface area contributed by atoms with E-state index >= 15 is 0 Å². The Balaban J connectivity index is 1.71. The smallest absolute Gasteiger partial charge is 0.307 e. The van der Waals surface area contributed by atoms with Crippen LogP contribution in [0.15, 0.2) is 65.7 Å². The largest absolute Gasteiger partial charge is 0.460 e. The standard InChI is InChI=1S/C30H33N3O6/c1-30(2,3)39-27(34)15-8-7-12-22-13-9-14-25(22)28(35)32-26(20-21-10-5-4-6-11-21)29(36)31-23-16-18-24(19-17-23)33(37)38/h4-6,10-11,16-19,26H,8-9,13-15,20H2,1-3H3,(H,31,36)(H,32,35)/t26-/m0/s1. The molecule has 204 valence electrons. The van der Waals surface area contributed by atoms with E-state index in [4.69, 9.17) is 4.74 Å². The molecule has 0 spiro atoms. The number of benzene rings is 2. The maximum Gasteiger partial charge on any atom is 0.307 e. The molecule has 0 aromatic heterocycles. The minimum absolute atomic E-state index is 0.0879. The number of nitro groups is 1. The van der Waals surface area contributed by atoms with Crippen molar-refractivity contribution >= 4 is 29.2 Å². The summed E-state index contributed by atoms with van der Waals surface area (Å²) in [6.07, 6.45) is 2.72. The maximum absolute atomic E-state index is 13.3. The van der Waals surface area contributed by atoms with Gasteiger partial charge in [-0.3, -0.25) is 24.5 Å². The van der Waals surface area contributed by atoms with E-state index in [1.54, 1.807) is 0 Å². The number of hydrogen-bond donors (Lipinski definition) is 2. The van der Waals surface area contributed by atoms with Gasteiger partial charge in [-0.25, -0.2) is 0 Å². The van der Waals surface area contributed by atoms with Crippen molar-refractivity contribution in [1.82, 2.24) is 5.32 Å². The van der Waals surface area contributed by atoms with Crippen LogP contribution >= 0.6 is 0 Å². The van der Waals surface area contributed by atoms with Gasteiger partial charge in [0.2, 0.25) is 11.8 Å². The summed E-state index contributed by atoms with van der Waals surface area (Å²) < 4.78 is 5.29. The second-order valence-corrected chi connectivity index (χ2v) is 10.2. The summed E-state index contributed by atoms with van der Waals surface area (Å²) in [5, 5.41) is 16.5. The van der Waals surface area contributed by atoms with Crippen molar-refractivity contribution in [2.75, 3.05) is 5.32 Å². The number of hydrogen-bond acceptors (Lipinski definition) is 6. The van der Waals surface area contributed by atoms with Crippen LogP contribution in [0.2, 0.25) is 0 Å². The number of carbonyl (C=O) groups excluding carboxylic acids is 3. The number of esters is 1. The van der Waals surface area contributed by atoms with Crippen molar-refractivity contribution in [2.24, 2.45) is 0 Å². The topological polar surface area (TPSA) is 128 Å². The monoisotopic (exact) mass is 531 g/mol. The van der Waals surface area contributed by atoms with Gasteiger partial charge < -0.3 is 15.4 Å². The zero-order chi connectivity index (χ0) is 28.4. The Morgan fingerprint density at radius 3 is 2.38 bits per heavy atom. The third kappa shape index (κ3) is 9.42. The number of amides is 2. The summed E-state index contributed by atoms with van der Waals surface area (Å²) in [5.41, 5.74) is 1.87. The lowest BCUT2D eigenvalue weighted by molar-refractivity contribution is -0.384. The highest BCUT2D eigenvalue weighted by Gasteiger charge is 2.26. The molecule has 2 aromatic carbocycles. The molecule has 0 heterocycles. The Morgan fingerprint density at radius 1 is 1.05 bits per heavy atom.